The van der Waals surface area contributed by atoms with Crippen molar-refractivity contribution in [2.24, 2.45) is 0 Å². The number of amides is 1. The highest BCUT2D eigenvalue weighted by atomic mass is 16.3. The summed E-state index contributed by atoms with van der Waals surface area (Å²) in [5, 5.41) is 12.1. The molecule has 0 unspecified atom stereocenters. The van der Waals surface area contributed by atoms with Gasteiger partial charge >= 0.3 is 0 Å². The minimum atomic E-state index is -0.385. The molecule has 0 aliphatic heterocycles. The fraction of sp³-hybridized carbons (Fsp3) is 0.500. The van der Waals surface area contributed by atoms with E-state index in [9.17, 15) is 9.90 Å². The number of hydrogen-bond acceptors (Lipinski definition) is 3. The molecular weight excluding hydrogens is 228 g/mol. The van der Waals surface area contributed by atoms with Crippen molar-refractivity contribution >= 4 is 5.91 Å². The van der Waals surface area contributed by atoms with Gasteiger partial charge in [0.05, 0.1) is 13.2 Å². The monoisotopic (exact) mass is 250 g/mol. The molecular formula is C14H22N2O2. The van der Waals surface area contributed by atoms with Gasteiger partial charge in [0.25, 0.3) is 0 Å². The number of hydrogen-bond donors (Lipinski definition) is 2. The SMILES string of the molecule is CN(CC(=O)NCc1ccccc1)C(C)(C)CO. The first kappa shape index (κ1) is 14.7. The summed E-state index contributed by atoms with van der Waals surface area (Å²) in [5.74, 6) is -0.0390. The number of likely N-dealkylation sites (N-methyl/N-ethyl adjacent to an activating group) is 1. The second-order valence-electron chi connectivity index (χ2n) is 5.09. The molecule has 100 valence electrons. The lowest BCUT2D eigenvalue weighted by Crippen LogP contribution is -2.48. The fourth-order valence-corrected chi connectivity index (χ4v) is 1.40. The van der Waals surface area contributed by atoms with Crippen LogP contribution in [0.2, 0.25) is 0 Å². The van der Waals surface area contributed by atoms with E-state index >= 15 is 0 Å². The van der Waals surface area contributed by atoms with Gasteiger partial charge in [-0.25, -0.2) is 0 Å². The van der Waals surface area contributed by atoms with Gasteiger partial charge in [-0.1, -0.05) is 30.3 Å². The molecule has 1 aromatic carbocycles. The third kappa shape index (κ3) is 4.47. The zero-order valence-electron chi connectivity index (χ0n) is 11.3. The highest BCUT2D eigenvalue weighted by molar-refractivity contribution is 5.78. The van der Waals surface area contributed by atoms with Crippen LogP contribution in [0.1, 0.15) is 19.4 Å². The Morgan fingerprint density at radius 2 is 1.94 bits per heavy atom. The van der Waals surface area contributed by atoms with Crippen LogP contribution < -0.4 is 5.32 Å². The van der Waals surface area contributed by atoms with Crippen molar-refractivity contribution in [3.8, 4) is 0 Å². The van der Waals surface area contributed by atoms with Crippen molar-refractivity contribution in [3.63, 3.8) is 0 Å². The molecule has 0 radical (unpaired) electrons. The topological polar surface area (TPSA) is 52.6 Å². The summed E-state index contributed by atoms with van der Waals surface area (Å²) < 4.78 is 0. The Morgan fingerprint density at radius 1 is 1.33 bits per heavy atom. The molecule has 0 fully saturated rings. The van der Waals surface area contributed by atoms with Gasteiger partial charge in [0.1, 0.15) is 0 Å². The fourth-order valence-electron chi connectivity index (χ4n) is 1.40. The Morgan fingerprint density at radius 3 is 2.50 bits per heavy atom. The maximum absolute atomic E-state index is 11.8. The Kier molecular flexibility index (Phi) is 5.31. The van der Waals surface area contributed by atoms with Gasteiger partial charge in [-0.3, -0.25) is 9.69 Å². The molecule has 1 amide bonds. The average molecular weight is 250 g/mol. The number of aliphatic hydroxyl groups is 1. The highest BCUT2D eigenvalue weighted by Crippen LogP contribution is 2.09. The normalized spacial score (nSPS) is 11.6. The third-order valence-corrected chi connectivity index (χ3v) is 3.13. The van der Waals surface area contributed by atoms with Crippen LogP contribution in [-0.2, 0) is 11.3 Å². The minimum absolute atomic E-state index is 0.0233. The first-order chi connectivity index (χ1) is 8.45. The molecule has 1 aromatic rings. The number of carbonyl (C=O) groups excluding carboxylic acids is 1. The summed E-state index contributed by atoms with van der Waals surface area (Å²) in [6, 6.07) is 9.79. The van der Waals surface area contributed by atoms with E-state index in [1.807, 2.05) is 56.1 Å². The minimum Gasteiger partial charge on any atom is -0.394 e. The number of carbonyl (C=O) groups is 1. The van der Waals surface area contributed by atoms with E-state index in [1.54, 1.807) is 0 Å². The Balaban J connectivity index is 2.39. The molecule has 0 aliphatic rings. The van der Waals surface area contributed by atoms with Gasteiger partial charge in [0.2, 0.25) is 5.91 Å². The lowest BCUT2D eigenvalue weighted by Gasteiger charge is -2.33. The van der Waals surface area contributed by atoms with Gasteiger partial charge in [0, 0.05) is 12.1 Å². The number of aliphatic hydroxyl groups excluding tert-OH is 1. The summed E-state index contributed by atoms with van der Waals surface area (Å²) in [6.45, 7) is 4.64. The van der Waals surface area contributed by atoms with Crippen molar-refractivity contribution in [2.75, 3.05) is 20.2 Å². The Bertz CT molecular complexity index is 377. The second kappa shape index (κ2) is 6.52. The summed E-state index contributed by atoms with van der Waals surface area (Å²) >= 11 is 0. The lowest BCUT2D eigenvalue weighted by atomic mass is 10.1. The van der Waals surface area contributed by atoms with Crippen LogP contribution in [0.15, 0.2) is 30.3 Å². The molecule has 0 spiro atoms. The number of nitrogens with one attached hydrogen (secondary N) is 1. The molecule has 0 aliphatic carbocycles. The maximum atomic E-state index is 11.8. The quantitative estimate of drug-likeness (QED) is 0.792. The standard InChI is InChI=1S/C14H22N2O2/c1-14(2,11-17)16(3)10-13(18)15-9-12-7-5-4-6-8-12/h4-8,17H,9-11H2,1-3H3,(H,15,18). The third-order valence-electron chi connectivity index (χ3n) is 3.13. The molecule has 0 heterocycles. The molecule has 0 atom stereocenters. The summed E-state index contributed by atoms with van der Waals surface area (Å²) in [7, 11) is 1.83. The van der Waals surface area contributed by atoms with E-state index in [4.69, 9.17) is 0 Å². The van der Waals surface area contributed by atoms with E-state index in [0.29, 0.717) is 6.54 Å². The van der Waals surface area contributed by atoms with Crippen LogP contribution in [0.5, 0.6) is 0 Å². The maximum Gasteiger partial charge on any atom is 0.234 e. The molecule has 1 rings (SSSR count). The van der Waals surface area contributed by atoms with E-state index in [2.05, 4.69) is 5.32 Å². The number of nitrogens with zero attached hydrogens (tertiary/aromatic N) is 1. The van der Waals surface area contributed by atoms with Gasteiger partial charge in [-0.05, 0) is 26.5 Å². The zero-order valence-corrected chi connectivity index (χ0v) is 11.3. The van der Waals surface area contributed by atoms with Crippen molar-refractivity contribution < 1.29 is 9.90 Å². The lowest BCUT2D eigenvalue weighted by molar-refractivity contribution is -0.123. The van der Waals surface area contributed by atoms with Gasteiger partial charge in [-0.2, -0.15) is 0 Å². The van der Waals surface area contributed by atoms with Crippen molar-refractivity contribution in [2.45, 2.75) is 25.9 Å². The summed E-state index contributed by atoms with van der Waals surface area (Å²) in [4.78, 5) is 13.6. The van der Waals surface area contributed by atoms with E-state index in [-0.39, 0.29) is 24.6 Å². The molecule has 2 N–H and O–H groups in total. The first-order valence-corrected chi connectivity index (χ1v) is 6.08. The smallest absolute Gasteiger partial charge is 0.234 e. The molecule has 0 saturated carbocycles. The molecule has 4 heteroatoms. The molecule has 0 saturated heterocycles. The molecule has 0 bridgehead atoms. The predicted molar refractivity (Wildman–Crippen MR) is 72.1 cm³/mol. The van der Waals surface area contributed by atoms with Crippen LogP contribution in [0.4, 0.5) is 0 Å². The van der Waals surface area contributed by atoms with Crippen molar-refractivity contribution in [1.82, 2.24) is 10.2 Å². The van der Waals surface area contributed by atoms with Crippen molar-refractivity contribution in [3.05, 3.63) is 35.9 Å². The molecule has 4 nitrogen and oxygen atoms in total. The summed E-state index contributed by atoms with van der Waals surface area (Å²) in [6.07, 6.45) is 0. The van der Waals surface area contributed by atoms with Crippen LogP contribution >= 0.6 is 0 Å². The van der Waals surface area contributed by atoms with Crippen LogP contribution in [0, 0.1) is 0 Å². The van der Waals surface area contributed by atoms with Gasteiger partial charge in [-0.15, -0.1) is 0 Å². The van der Waals surface area contributed by atoms with Crippen LogP contribution in [0.3, 0.4) is 0 Å². The first-order valence-electron chi connectivity index (χ1n) is 6.08. The predicted octanol–water partition coefficient (Wildman–Crippen LogP) is 1.01. The van der Waals surface area contributed by atoms with Crippen LogP contribution in [0.25, 0.3) is 0 Å². The Labute approximate surface area is 109 Å². The van der Waals surface area contributed by atoms with E-state index in [0.717, 1.165) is 5.56 Å². The van der Waals surface area contributed by atoms with Gasteiger partial charge < -0.3 is 10.4 Å². The van der Waals surface area contributed by atoms with E-state index < -0.39 is 0 Å². The average Bonchev–Trinajstić information content (AvgIpc) is 2.37. The van der Waals surface area contributed by atoms with Gasteiger partial charge in [0.15, 0.2) is 0 Å². The largest absolute Gasteiger partial charge is 0.394 e. The Hall–Kier alpha value is -1.39. The summed E-state index contributed by atoms with van der Waals surface area (Å²) in [5.41, 5.74) is 0.694. The van der Waals surface area contributed by atoms with Crippen LogP contribution in [-0.4, -0.2) is 41.7 Å². The van der Waals surface area contributed by atoms with Crippen molar-refractivity contribution in [1.29, 1.82) is 0 Å². The highest BCUT2D eigenvalue weighted by Gasteiger charge is 2.23. The molecule has 18 heavy (non-hydrogen) atoms. The number of benzene rings is 1. The van der Waals surface area contributed by atoms with E-state index in [1.165, 1.54) is 0 Å². The molecule has 0 aromatic heterocycles. The number of rotatable bonds is 6. The second-order valence-corrected chi connectivity index (χ2v) is 5.09. The zero-order chi connectivity index (χ0) is 13.6.